The topological polar surface area (TPSA) is 54.0 Å². The Kier molecular flexibility index (Phi) is 18.8. The van der Waals surface area contributed by atoms with Crippen LogP contribution >= 0.6 is 0 Å². The van der Waals surface area contributed by atoms with Crippen LogP contribution in [-0.2, 0) is 22.8 Å². The number of ether oxygens (including phenoxy) is 1. The molecule has 0 aliphatic rings. The Morgan fingerprint density at radius 3 is 1.72 bits per heavy atom. The highest BCUT2D eigenvalue weighted by Gasteiger charge is 2.40. The molecule has 0 aromatic heterocycles. The highest BCUT2D eigenvalue weighted by Crippen LogP contribution is 2.19. The summed E-state index contributed by atoms with van der Waals surface area (Å²) >= 11 is 0. The maximum atomic E-state index is 11.5. The Morgan fingerprint density at radius 2 is 1.24 bits per heavy atom. The third-order valence-electron chi connectivity index (χ3n) is 4.76. The quantitative estimate of drug-likeness (QED) is 0.0907. The summed E-state index contributed by atoms with van der Waals surface area (Å²) in [5.74, 6) is -0.351. The summed E-state index contributed by atoms with van der Waals surface area (Å²) in [5, 5.41) is 0. The van der Waals surface area contributed by atoms with Gasteiger partial charge in [0.1, 0.15) is 0 Å². The van der Waals surface area contributed by atoms with E-state index in [1.54, 1.807) is 6.92 Å². The first kappa shape index (κ1) is 28.3. The predicted octanol–water partition coefficient (Wildman–Crippen LogP) is 6.45. The van der Waals surface area contributed by atoms with Gasteiger partial charge in [0, 0.05) is 31.4 Å². The lowest BCUT2D eigenvalue weighted by atomic mass is 10.1. The molecule has 0 rings (SSSR count). The molecule has 0 aliphatic heterocycles. The van der Waals surface area contributed by atoms with Crippen LogP contribution in [-0.4, -0.2) is 41.2 Å². The molecular weight excluding hydrogens is 384 g/mol. The van der Waals surface area contributed by atoms with E-state index in [1.807, 2.05) is 13.8 Å². The Hall–Kier alpha value is -0.693. The lowest BCUT2D eigenvalue weighted by molar-refractivity contribution is -0.139. The van der Waals surface area contributed by atoms with Crippen molar-refractivity contribution < 1.29 is 22.8 Å². The zero-order valence-corrected chi connectivity index (χ0v) is 20.6. The molecule has 29 heavy (non-hydrogen) atoms. The Labute approximate surface area is 180 Å². The second-order valence-corrected chi connectivity index (χ2v) is 10.3. The van der Waals surface area contributed by atoms with Gasteiger partial charge in [-0.25, -0.2) is 4.79 Å². The van der Waals surface area contributed by atoms with Gasteiger partial charge in [-0.05, 0) is 33.6 Å². The molecular formula is C23H46O5Si. The van der Waals surface area contributed by atoms with Gasteiger partial charge in [0.25, 0.3) is 0 Å². The molecule has 0 saturated carbocycles. The maximum Gasteiger partial charge on any atom is 0.501 e. The van der Waals surface area contributed by atoms with Gasteiger partial charge < -0.3 is 18.0 Å². The summed E-state index contributed by atoms with van der Waals surface area (Å²) < 4.78 is 23.3. The second kappa shape index (κ2) is 19.3. The van der Waals surface area contributed by atoms with Crippen molar-refractivity contribution in [1.29, 1.82) is 0 Å². The van der Waals surface area contributed by atoms with E-state index in [2.05, 4.69) is 13.5 Å². The van der Waals surface area contributed by atoms with E-state index in [-0.39, 0.29) is 5.97 Å². The van der Waals surface area contributed by atoms with E-state index in [0.717, 1.165) is 6.42 Å². The van der Waals surface area contributed by atoms with E-state index >= 15 is 0 Å². The molecule has 0 atom stereocenters. The maximum absolute atomic E-state index is 11.5. The van der Waals surface area contributed by atoms with Crippen molar-refractivity contribution in [2.75, 3.05) is 26.4 Å². The zero-order valence-electron chi connectivity index (χ0n) is 19.6. The van der Waals surface area contributed by atoms with Crippen LogP contribution in [0.3, 0.4) is 0 Å². The number of hydrogen-bond donors (Lipinski definition) is 0. The number of carbonyl (C=O) groups is 1. The smallest absolute Gasteiger partial charge is 0.462 e. The molecule has 6 heteroatoms. The molecule has 0 aromatic rings. The molecule has 0 heterocycles. The SMILES string of the molecule is C=C(C)C(=O)OCCC[Si](OCC)(OCC)OCCCCCCCCCCCC. The van der Waals surface area contributed by atoms with Crippen molar-refractivity contribution in [3.8, 4) is 0 Å². The van der Waals surface area contributed by atoms with Gasteiger partial charge in [-0.2, -0.15) is 0 Å². The number of unbranched alkanes of at least 4 members (excludes halogenated alkanes) is 9. The van der Waals surface area contributed by atoms with Crippen molar-refractivity contribution in [1.82, 2.24) is 0 Å². The molecule has 0 radical (unpaired) electrons. The molecule has 0 amide bonds. The minimum atomic E-state index is -2.70. The fourth-order valence-electron chi connectivity index (χ4n) is 3.18. The minimum absolute atomic E-state index is 0.336. The van der Waals surface area contributed by atoms with E-state index in [1.165, 1.54) is 57.8 Å². The lowest BCUT2D eigenvalue weighted by Crippen LogP contribution is -2.46. The monoisotopic (exact) mass is 430 g/mol. The van der Waals surface area contributed by atoms with Gasteiger partial charge in [0.15, 0.2) is 0 Å². The summed E-state index contributed by atoms with van der Waals surface area (Å²) in [5.41, 5.74) is 0.417. The molecule has 172 valence electrons. The molecule has 0 saturated heterocycles. The summed E-state index contributed by atoms with van der Waals surface area (Å²) in [7, 11) is -2.70. The number of rotatable bonds is 21. The van der Waals surface area contributed by atoms with Crippen molar-refractivity contribution in [2.45, 2.75) is 104 Å². The second-order valence-electron chi connectivity index (χ2n) is 7.60. The largest absolute Gasteiger partial charge is 0.501 e. The normalized spacial score (nSPS) is 11.6. The van der Waals surface area contributed by atoms with Gasteiger partial charge in [0.05, 0.1) is 6.61 Å². The van der Waals surface area contributed by atoms with E-state index in [0.29, 0.717) is 44.5 Å². The Bertz CT molecular complexity index is 408. The summed E-state index contributed by atoms with van der Waals surface area (Å²) in [6.45, 7) is 13.6. The van der Waals surface area contributed by atoms with Crippen LogP contribution in [0.15, 0.2) is 12.2 Å². The van der Waals surface area contributed by atoms with Crippen LogP contribution in [0, 0.1) is 0 Å². The highest BCUT2D eigenvalue weighted by atomic mass is 28.4. The number of hydrogen-bond acceptors (Lipinski definition) is 5. The first-order valence-corrected chi connectivity index (χ1v) is 13.7. The highest BCUT2D eigenvalue weighted by molar-refractivity contribution is 6.60. The van der Waals surface area contributed by atoms with Crippen molar-refractivity contribution in [3.05, 3.63) is 12.2 Å². The van der Waals surface area contributed by atoms with Crippen LogP contribution in [0.5, 0.6) is 0 Å². The van der Waals surface area contributed by atoms with Crippen LogP contribution < -0.4 is 0 Å². The van der Waals surface area contributed by atoms with E-state index in [4.69, 9.17) is 18.0 Å². The van der Waals surface area contributed by atoms with Crippen LogP contribution in [0.1, 0.15) is 98.3 Å². The number of esters is 1. The fraction of sp³-hybridized carbons (Fsp3) is 0.870. The van der Waals surface area contributed by atoms with Crippen LogP contribution in [0.25, 0.3) is 0 Å². The van der Waals surface area contributed by atoms with Crippen molar-refractivity contribution >= 4 is 14.8 Å². The van der Waals surface area contributed by atoms with E-state index < -0.39 is 8.80 Å². The van der Waals surface area contributed by atoms with Gasteiger partial charge in [-0.1, -0.05) is 71.3 Å². The predicted molar refractivity (Wildman–Crippen MR) is 122 cm³/mol. The van der Waals surface area contributed by atoms with Gasteiger partial charge in [-0.3, -0.25) is 0 Å². The summed E-state index contributed by atoms with van der Waals surface area (Å²) in [4.78, 5) is 11.5. The molecule has 0 aromatic carbocycles. The first-order chi connectivity index (χ1) is 14.0. The Morgan fingerprint density at radius 1 is 0.724 bits per heavy atom. The van der Waals surface area contributed by atoms with Crippen molar-refractivity contribution in [2.24, 2.45) is 0 Å². The third-order valence-corrected chi connectivity index (χ3v) is 7.82. The van der Waals surface area contributed by atoms with E-state index in [9.17, 15) is 4.79 Å². The Balaban J connectivity index is 4.06. The van der Waals surface area contributed by atoms with Gasteiger partial charge in [-0.15, -0.1) is 0 Å². The van der Waals surface area contributed by atoms with Gasteiger partial charge >= 0.3 is 14.8 Å². The average Bonchev–Trinajstić information content (AvgIpc) is 2.69. The van der Waals surface area contributed by atoms with Gasteiger partial charge in [0.2, 0.25) is 0 Å². The summed E-state index contributed by atoms with van der Waals surface area (Å²) in [6.07, 6.45) is 13.7. The molecule has 0 fully saturated rings. The fourth-order valence-corrected chi connectivity index (χ4v) is 5.77. The third kappa shape index (κ3) is 15.8. The zero-order chi connectivity index (χ0) is 21.8. The first-order valence-electron chi connectivity index (χ1n) is 11.8. The van der Waals surface area contributed by atoms with Crippen molar-refractivity contribution in [3.63, 3.8) is 0 Å². The summed E-state index contributed by atoms with van der Waals surface area (Å²) in [6, 6.07) is 0.663. The molecule has 0 bridgehead atoms. The lowest BCUT2D eigenvalue weighted by Gasteiger charge is -2.29. The molecule has 0 spiro atoms. The molecule has 0 unspecified atom stereocenters. The molecule has 0 aliphatic carbocycles. The van der Waals surface area contributed by atoms with Crippen LogP contribution in [0.2, 0.25) is 6.04 Å². The average molecular weight is 431 g/mol. The molecule has 0 N–H and O–H groups in total. The van der Waals surface area contributed by atoms with Crippen LogP contribution in [0.4, 0.5) is 0 Å². The number of carbonyl (C=O) groups excluding carboxylic acids is 1. The standard InChI is InChI=1S/C23H46O5Si/c1-6-9-10-11-12-13-14-15-16-17-20-28-29(26-7-2,27-8-3)21-18-19-25-23(24)22(4)5/h4,6-21H2,1-3,5H3. The molecule has 5 nitrogen and oxygen atoms in total. The minimum Gasteiger partial charge on any atom is -0.462 e.